The third-order valence-corrected chi connectivity index (χ3v) is 7.03. The van der Waals surface area contributed by atoms with E-state index in [-0.39, 0.29) is 16.6 Å². The molecule has 38 heavy (non-hydrogen) atoms. The Labute approximate surface area is 230 Å². The number of likely N-dealkylation sites (tertiary alicyclic amines) is 1. The van der Waals surface area contributed by atoms with Crippen LogP contribution in [0, 0.1) is 0 Å². The minimum absolute atomic E-state index is 0.217. The first kappa shape index (κ1) is 26.1. The van der Waals surface area contributed by atoms with Crippen LogP contribution in [0.1, 0.15) is 24.4 Å². The van der Waals surface area contributed by atoms with Crippen molar-refractivity contribution in [3.8, 4) is 16.9 Å². The minimum Gasteiger partial charge on any atom is -0.353 e. The van der Waals surface area contributed by atoms with Gasteiger partial charge in [0.1, 0.15) is 6.04 Å². The molecular formula is C27H27Cl2N7O2. The molecule has 1 atom stereocenters. The van der Waals surface area contributed by atoms with Crippen LogP contribution in [0.2, 0.25) is 10.2 Å². The Kier molecular flexibility index (Phi) is 8.17. The van der Waals surface area contributed by atoms with Gasteiger partial charge in [-0.1, -0.05) is 58.7 Å². The van der Waals surface area contributed by atoms with Crippen LogP contribution in [-0.4, -0.2) is 61.5 Å². The lowest BCUT2D eigenvalue weighted by Gasteiger charge is -2.21. The van der Waals surface area contributed by atoms with E-state index < -0.39 is 6.04 Å². The molecule has 11 heteroatoms. The summed E-state index contributed by atoms with van der Waals surface area (Å²) in [5.74, 6) is -0.217. The van der Waals surface area contributed by atoms with Gasteiger partial charge in [0.05, 0.1) is 23.9 Å². The number of nitrogens with one attached hydrogen (secondary N) is 1. The quantitative estimate of drug-likeness (QED) is 0.340. The van der Waals surface area contributed by atoms with Gasteiger partial charge in [-0.15, -0.1) is 5.10 Å². The Morgan fingerprint density at radius 1 is 1.05 bits per heavy atom. The van der Waals surface area contributed by atoms with Gasteiger partial charge in [-0.2, -0.15) is 0 Å². The van der Waals surface area contributed by atoms with Crippen LogP contribution >= 0.6 is 23.2 Å². The van der Waals surface area contributed by atoms with Crippen molar-refractivity contribution in [2.75, 3.05) is 26.2 Å². The number of halogens is 2. The lowest BCUT2D eigenvalue weighted by Crippen LogP contribution is -2.41. The maximum atomic E-state index is 13.4. The third kappa shape index (κ3) is 6.12. The Hall–Kier alpha value is -3.53. The number of hydrogen-bond donors (Lipinski definition) is 1. The van der Waals surface area contributed by atoms with Crippen molar-refractivity contribution in [3.63, 3.8) is 0 Å². The summed E-state index contributed by atoms with van der Waals surface area (Å²) in [6.45, 7) is 3.43. The first-order valence-electron chi connectivity index (χ1n) is 12.5. The molecule has 1 fully saturated rings. The van der Waals surface area contributed by atoms with Crippen molar-refractivity contribution >= 4 is 29.1 Å². The lowest BCUT2D eigenvalue weighted by molar-refractivity contribution is -0.124. The number of carbonyl (C=O) groups is 1. The fraction of sp³-hybridized carbons (Fsp3) is 0.296. The highest BCUT2D eigenvalue weighted by Crippen LogP contribution is 2.28. The van der Waals surface area contributed by atoms with Crippen molar-refractivity contribution in [1.29, 1.82) is 0 Å². The Bertz CT molecular complexity index is 1470. The number of nitrogens with zero attached hydrogens (tertiary/aromatic N) is 6. The topological polar surface area (TPSA) is 97.9 Å². The van der Waals surface area contributed by atoms with E-state index in [0.717, 1.165) is 25.2 Å². The van der Waals surface area contributed by atoms with E-state index in [0.29, 0.717) is 34.9 Å². The van der Waals surface area contributed by atoms with Crippen LogP contribution in [0.5, 0.6) is 0 Å². The van der Waals surface area contributed by atoms with E-state index in [9.17, 15) is 9.59 Å². The standard InChI is InChI=1S/C27H27Cl2N7O2/c28-20-8-9-23(36-17-25(29)32-33-36)21(15-20)22-16-26(37)35(18-31-22)24(14-19-6-2-1-3-7-19)27(38)30-10-13-34-11-4-5-12-34/h1-3,6-9,15-18,24H,4-5,10-14H2,(H,30,38)/t24-/m0/s1. The zero-order valence-corrected chi connectivity index (χ0v) is 22.1. The number of rotatable bonds is 9. The molecule has 0 radical (unpaired) electrons. The molecule has 196 valence electrons. The average Bonchev–Trinajstić information content (AvgIpc) is 3.60. The largest absolute Gasteiger partial charge is 0.353 e. The fourth-order valence-electron chi connectivity index (χ4n) is 4.68. The van der Waals surface area contributed by atoms with Crippen molar-refractivity contribution in [2.45, 2.75) is 25.3 Å². The molecule has 5 rings (SSSR count). The molecule has 2 aromatic carbocycles. The van der Waals surface area contributed by atoms with Gasteiger partial charge in [-0.05, 0) is 49.7 Å². The van der Waals surface area contributed by atoms with Crippen LogP contribution in [0.25, 0.3) is 16.9 Å². The third-order valence-electron chi connectivity index (χ3n) is 6.62. The monoisotopic (exact) mass is 551 g/mol. The zero-order valence-electron chi connectivity index (χ0n) is 20.6. The van der Waals surface area contributed by atoms with Crippen LogP contribution < -0.4 is 10.9 Å². The summed E-state index contributed by atoms with van der Waals surface area (Å²) in [4.78, 5) is 33.7. The maximum Gasteiger partial charge on any atom is 0.254 e. The average molecular weight is 552 g/mol. The molecule has 0 spiro atoms. The maximum absolute atomic E-state index is 13.4. The van der Waals surface area contributed by atoms with Gasteiger partial charge in [0.2, 0.25) is 5.91 Å². The highest BCUT2D eigenvalue weighted by molar-refractivity contribution is 6.31. The molecule has 4 aromatic rings. The molecule has 1 amide bonds. The highest BCUT2D eigenvalue weighted by Gasteiger charge is 2.23. The predicted molar refractivity (Wildman–Crippen MR) is 147 cm³/mol. The molecule has 1 saturated heterocycles. The second kappa shape index (κ2) is 11.9. The molecule has 3 heterocycles. The molecule has 2 aromatic heterocycles. The number of hydrogen-bond acceptors (Lipinski definition) is 6. The van der Waals surface area contributed by atoms with Crippen molar-refractivity contribution in [2.24, 2.45) is 0 Å². The molecule has 1 aliphatic heterocycles. The summed E-state index contributed by atoms with van der Waals surface area (Å²) in [5, 5.41) is 11.6. The van der Waals surface area contributed by atoms with Crippen molar-refractivity contribution in [3.05, 3.63) is 93.2 Å². The van der Waals surface area contributed by atoms with Crippen LogP contribution in [0.15, 0.2) is 71.9 Å². The smallest absolute Gasteiger partial charge is 0.254 e. The summed E-state index contributed by atoms with van der Waals surface area (Å²) in [6.07, 6.45) is 5.71. The van der Waals surface area contributed by atoms with Crippen LogP contribution in [0.4, 0.5) is 0 Å². The lowest BCUT2D eigenvalue weighted by atomic mass is 10.0. The first-order valence-corrected chi connectivity index (χ1v) is 13.2. The van der Waals surface area contributed by atoms with Gasteiger partial charge < -0.3 is 10.2 Å². The molecule has 0 bridgehead atoms. The van der Waals surface area contributed by atoms with E-state index in [1.807, 2.05) is 30.3 Å². The molecule has 0 aliphatic carbocycles. The van der Waals surface area contributed by atoms with E-state index >= 15 is 0 Å². The van der Waals surface area contributed by atoms with Crippen molar-refractivity contribution < 1.29 is 4.79 Å². The summed E-state index contributed by atoms with van der Waals surface area (Å²) in [5.41, 5.74) is 2.18. The van der Waals surface area contributed by atoms with E-state index in [2.05, 4.69) is 25.5 Å². The minimum atomic E-state index is -0.752. The second-order valence-corrected chi connectivity index (χ2v) is 10.0. The summed E-state index contributed by atoms with van der Waals surface area (Å²) in [7, 11) is 0. The number of carbonyl (C=O) groups excluding carboxylic acids is 1. The zero-order chi connectivity index (χ0) is 26.5. The van der Waals surface area contributed by atoms with Gasteiger partial charge in [0.15, 0.2) is 5.15 Å². The number of amides is 1. The fourth-order valence-corrected chi connectivity index (χ4v) is 4.98. The van der Waals surface area contributed by atoms with E-state index in [1.54, 1.807) is 24.4 Å². The normalized spacial score (nSPS) is 14.5. The second-order valence-electron chi connectivity index (χ2n) is 9.21. The Balaban J connectivity index is 1.44. The summed E-state index contributed by atoms with van der Waals surface area (Å²) >= 11 is 12.2. The van der Waals surface area contributed by atoms with Gasteiger partial charge in [0, 0.05) is 36.2 Å². The van der Waals surface area contributed by atoms with Gasteiger partial charge >= 0.3 is 0 Å². The van der Waals surface area contributed by atoms with Gasteiger partial charge in [-0.25, -0.2) is 9.67 Å². The van der Waals surface area contributed by atoms with Gasteiger partial charge in [-0.3, -0.25) is 14.2 Å². The molecular weight excluding hydrogens is 525 g/mol. The number of aromatic nitrogens is 5. The molecule has 0 saturated carbocycles. The first-order chi connectivity index (χ1) is 18.5. The van der Waals surface area contributed by atoms with Crippen LogP contribution in [-0.2, 0) is 11.2 Å². The van der Waals surface area contributed by atoms with E-state index in [1.165, 1.54) is 34.5 Å². The highest BCUT2D eigenvalue weighted by atomic mass is 35.5. The van der Waals surface area contributed by atoms with Crippen molar-refractivity contribution in [1.82, 2.24) is 34.8 Å². The molecule has 9 nitrogen and oxygen atoms in total. The SMILES string of the molecule is O=C(NCCN1CCCC1)[C@H](Cc1ccccc1)n1cnc(-c2cc(Cl)ccc2-n2cc(Cl)nn2)cc1=O. The van der Waals surface area contributed by atoms with Crippen LogP contribution in [0.3, 0.4) is 0 Å². The number of benzene rings is 2. The summed E-state index contributed by atoms with van der Waals surface area (Å²) < 4.78 is 2.88. The molecule has 0 unspecified atom stereocenters. The van der Waals surface area contributed by atoms with E-state index in [4.69, 9.17) is 23.2 Å². The van der Waals surface area contributed by atoms with Gasteiger partial charge in [0.25, 0.3) is 5.56 Å². The summed E-state index contributed by atoms with van der Waals surface area (Å²) in [6, 6.07) is 15.4. The predicted octanol–water partition coefficient (Wildman–Crippen LogP) is 3.79. The Morgan fingerprint density at radius 2 is 1.84 bits per heavy atom. The molecule has 1 aliphatic rings. The Morgan fingerprint density at radius 3 is 2.55 bits per heavy atom. The molecule has 1 N–H and O–H groups in total.